The summed E-state index contributed by atoms with van der Waals surface area (Å²) < 4.78 is 38.2. The molecule has 1 aliphatic carbocycles. The minimum Gasteiger partial charge on any atom is -0.350 e. The van der Waals surface area contributed by atoms with Gasteiger partial charge in [0.1, 0.15) is 4.88 Å². The summed E-state index contributed by atoms with van der Waals surface area (Å²) in [5, 5.41) is 3.82. The first-order chi connectivity index (χ1) is 9.32. The van der Waals surface area contributed by atoms with Gasteiger partial charge in [-0.05, 0) is 24.3 Å². The fourth-order valence-corrected chi connectivity index (χ4v) is 3.25. The van der Waals surface area contributed by atoms with Crippen LogP contribution in [0.25, 0.3) is 0 Å². The van der Waals surface area contributed by atoms with E-state index >= 15 is 0 Å². The van der Waals surface area contributed by atoms with E-state index in [4.69, 9.17) is 5.73 Å². The van der Waals surface area contributed by atoms with Gasteiger partial charge in [-0.15, -0.1) is 11.3 Å². The number of nitrogens with two attached hydrogens (primary N) is 1. The second kappa shape index (κ2) is 5.73. The lowest BCUT2D eigenvalue weighted by Crippen LogP contribution is -2.51. The van der Waals surface area contributed by atoms with Gasteiger partial charge in [-0.1, -0.05) is 19.3 Å². The second-order valence-corrected chi connectivity index (χ2v) is 6.18. The summed E-state index contributed by atoms with van der Waals surface area (Å²) in [5.41, 5.74) is 5.35. The van der Waals surface area contributed by atoms with E-state index in [2.05, 4.69) is 5.32 Å². The molecule has 0 saturated heterocycles. The van der Waals surface area contributed by atoms with Crippen LogP contribution in [0.3, 0.4) is 0 Å². The molecule has 112 valence electrons. The van der Waals surface area contributed by atoms with Gasteiger partial charge >= 0.3 is 6.18 Å². The largest absolute Gasteiger partial charge is 0.426 e. The third kappa shape index (κ3) is 3.52. The highest BCUT2D eigenvalue weighted by Crippen LogP contribution is 2.36. The van der Waals surface area contributed by atoms with E-state index in [1.165, 1.54) is 11.4 Å². The quantitative estimate of drug-likeness (QED) is 0.901. The fourth-order valence-electron chi connectivity index (χ4n) is 2.49. The fraction of sp³-hybridized carbons (Fsp3) is 0.615. The third-order valence-corrected chi connectivity index (χ3v) is 4.58. The molecule has 3 N–H and O–H groups in total. The molecule has 1 aliphatic rings. The van der Waals surface area contributed by atoms with Crippen molar-refractivity contribution in [1.29, 1.82) is 0 Å². The highest BCUT2D eigenvalue weighted by molar-refractivity contribution is 7.10. The Morgan fingerprint density at radius 2 is 2.00 bits per heavy atom. The smallest absolute Gasteiger partial charge is 0.350 e. The first-order valence-corrected chi connectivity index (χ1v) is 7.42. The number of halogens is 3. The highest BCUT2D eigenvalue weighted by atomic mass is 32.1. The Labute approximate surface area is 119 Å². The number of nitrogens with one attached hydrogen (secondary N) is 1. The van der Waals surface area contributed by atoms with Gasteiger partial charge in [-0.2, -0.15) is 13.2 Å². The van der Waals surface area contributed by atoms with E-state index in [1.54, 1.807) is 0 Å². The lowest BCUT2D eigenvalue weighted by molar-refractivity contribution is -0.134. The molecule has 1 aromatic heterocycles. The van der Waals surface area contributed by atoms with E-state index in [-0.39, 0.29) is 12.1 Å². The molecule has 1 fully saturated rings. The van der Waals surface area contributed by atoms with Gasteiger partial charge in [0.15, 0.2) is 0 Å². The first-order valence-electron chi connectivity index (χ1n) is 6.54. The predicted molar refractivity (Wildman–Crippen MR) is 71.7 cm³/mol. The van der Waals surface area contributed by atoms with Gasteiger partial charge in [-0.25, -0.2) is 0 Å². The standard InChI is InChI=1S/C13H17F3N2OS/c14-13(15,16)10-9(4-7-20-10)11(19)18-8-12(17)5-2-1-3-6-12/h4,7H,1-3,5-6,8,17H2,(H,18,19). The van der Waals surface area contributed by atoms with Crippen molar-refractivity contribution in [1.82, 2.24) is 5.32 Å². The topological polar surface area (TPSA) is 55.1 Å². The van der Waals surface area contributed by atoms with E-state index in [0.29, 0.717) is 11.3 Å². The zero-order valence-electron chi connectivity index (χ0n) is 10.9. The average molecular weight is 306 g/mol. The summed E-state index contributed by atoms with van der Waals surface area (Å²) in [6, 6.07) is 1.20. The van der Waals surface area contributed by atoms with Gasteiger partial charge in [0, 0.05) is 12.1 Å². The summed E-state index contributed by atoms with van der Waals surface area (Å²) in [4.78, 5) is 11.0. The number of rotatable bonds is 3. The lowest BCUT2D eigenvalue weighted by atomic mass is 9.82. The molecule has 0 aromatic carbocycles. The van der Waals surface area contributed by atoms with Crippen LogP contribution >= 0.6 is 11.3 Å². The number of hydrogen-bond donors (Lipinski definition) is 2. The maximum absolute atomic E-state index is 12.7. The molecule has 3 nitrogen and oxygen atoms in total. The minimum atomic E-state index is -4.49. The zero-order valence-corrected chi connectivity index (χ0v) is 11.7. The van der Waals surface area contributed by atoms with Gasteiger partial charge in [0.25, 0.3) is 5.91 Å². The molecule has 7 heteroatoms. The van der Waals surface area contributed by atoms with E-state index < -0.39 is 22.5 Å². The molecular weight excluding hydrogens is 289 g/mol. The van der Waals surface area contributed by atoms with E-state index in [0.717, 1.165) is 32.1 Å². The highest BCUT2D eigenvalue weighted by Gasteiger charge is 2.37. The van der Waals surface area contributed by atoms with Crippen LogP contribution in [0.4, 0.5) is 13.2 Å². The summed E-state index contributed by atoms with van der Waals surface area (Å²) >= 11 is 0.528. The molecule has 0 spiro atoms. The van der Waals surface area contributed by atoms with Crippen molar-refractivity contribution in [3.8, 4) is 0 Å². The van der Waals surface area contributed by atoms with Crippen LogP contribution in [0.1, 0.15) is 47.3 Å². The van der Waals surface area contributed by atoms with Gasteiger partial charge in [-0.3, -0.25) is 4.79 Å². The molecule has 0 aliphatic heterocycles. The predicted octanol–water partition coefficient (Wildman–Crippen LogP) is 3.16. The number of alkyl halides is 3. The van der Waals surface area contributed by atoms with Crippen molar-refractivity contribution in [2.75, 3.05) is 6.54 Å². The number of hydrogen-bond acceptors (Lipinski definition) is 3. The van der Waals surface area contributed by atoms with E-state index in [1.807, 2.05) is 0 Å². The Morgan fingerprint density at radius 3 is 2.60 bits per heavy atom. The Balaban J connectivity index is 2.00. The van der Waals surface area contributed by atoms with Crippen LogP contribution in [-0.2, 0) is 6.18 Å². The van der Waals surface area contributed by atoms with Crippen LogP contribution in [-0.4, -0.2) is 18.0 Å². The maximum atomic E-state index is 12.7. The van der Waals surface area contributed by atoms with Gasteiger partial charge in [0.2, 0.25) is 0 Å². The Morgan fingerprint density at radius 1 is 1.35 bits per heavy atom. The first kappa shape index (κ1) is 15.3. The summed E-state index contributed by atoms with van der Waals surface area (Å²) in [7, 11) is 0. The number of carbonyl (C=O) groups is 1. The SMILES string of the molecule is NC1(CNC(=O)c2ccsc2C(F)(F)F)CCCCC1. The molecule has 1 heterocycles. The molecule has 0 unspecified atom stereocenters. The third-order valence-electron chi connectivity index (χ3n) is 3.62. The normalized spacial score (nSPS) is 18.8. The average Bonchev–Trinajstić information content (AvgIpc) is 2.86. The van der Waals surface area contributed by atoms with Crippen LogP contribution in [0.2, 0.25) is 0 Å². The summed E-state index contributed by atoms with van der Waals surface area (Å²) in [6.45, 7) is 0.221. The van der Waals surface area contributed by atoms with Crippen molar-refractivity contribution in [2.24, 2.45) is 5.73 Å². The lowest BCUT2D eigenvalue weighted by Gasteiger charge is -2.33. The van der Waals surface area contributed by atoms with E-state index in [9.17, 15) is 18.0 Å². The molecule has 0 bridgehead atoms. The minimum absolute atomic E-state index is 0.221. The molecule has 1 saturated carbocycles. The van der Waals surface area contributed by atoms with Crippen molar-refractivity contribution in [3.63, 3.8) is 0 Å². The molecule has 0 radical (unpaired) electrons. The number of carbonyl (C=O) groups excluding carboxylic acids is 1. The van der Waals surface area contributed by atoms with Gasteiger partial charge < -0.3 is 11.1 Å². The van der Waals surface area contributed by atoms with Crippen molar-refractivity contribution < 1.29 is 18.0 Å². The van der Waals surface area contributed by atoms with Crippen LogP contribution in [0.15, 0.2) is 11.4 Å². The molecular formula is C13H17F3N2OS. The molecule has 1 amide bonds. The number of thiophene rings is 1. The van der Waals surface area contributed by atoms with Crippen molar-refractivity contribution in [3.05, 3.63) is 21.9 Å². The van der Waals surface area contributed by atoms with Gasteiger partial charge in [0.05, 0.1) is 5.56 Å². The summed E-state index contributed by atoms with van der Waals surface area (Å²) in [5.74, 6) is -0.700. The monoisotopic (exact) mass is 306 g/mol. The molecule has 2 rings (SSSR count). The molecule has 1 aromatic rings. The van der Waals surface area contributed by atoms with Crippen LogP contribution < -0.4 is 11.1 Å². The number of amides is 1. The Kier molecular flexibility index (Phi) is 4.39. The zero-order chi connectivity index (χ0) is 14.8. The van der Waals surface area contributed by atoms with Crippen LogP contribution in [0.5, 0.6) is 0 Å². The Bertz CT molecular complexity index is 478. The molecule has 0 atom stereocenters. The Hall–Kier alpha value is -1.08. The van der Waals surface area contributed by atoms with Crippen molar-refractivity contribution >= 4 is 17.2 Å². The maximum Gasteiger partial charge on any atom is 0.426 e. The second-order valence-electron chi connectivity index (χ2n) is 5.27. The van der Waals surface area contributed by atoms with Crippen molar-refractivity contribution in [2.45, 2.75) is 43.8 Å². The summed E-state index contributed by atoms with van der Waals surface area (Å²) in [6.07, 6.45) is 0.213. The molecule has 20 heavy (non-hydrogen) atoms. The van der Waals surface area contributed by atoms with Crippen LogP contribution in [0, 0.1) is 0 Å².